The zero-order valence-corrected chi connectivity index (χ0v) is 7.12. The molecular weight excluding hydrogens is 171 g/mol. The first kappa shape index (κ1) is 8.26. The summed E-state index contributed by atoms with van der Waals surface area (Å²) in [4.78, 5) is 0. The summed E-state index contributed by atoms with van der Waals surface area (Å²) >= 11 is 0. The monoisotopic (exact) mass is 180 g/mol. The van der Waals surface area contributed by atoms with Crippen LogP contribution < -0.4 is 0 Å². The van der Waals surface area contributed by atoms with Crippen molar-refractivity contribution in [3.8, 4) is 0 Å². The lowest BCUT2D eigenvalue weighted by atomic mass is 10.1. The second-order valence-corrected chi connectivity index (χ2v) is 2.98. The highest BCUT2D eigenvalue weighted by molar-refractivity contribution is 5.78. The molecule has 0 aliphatic carbocycles. The van der Waals surface area contributed by atoms with Gasteiger partial charge in [0.05, 0.1) is 17.8 Å². The van der Waals surface area contributed by atoms with E-state index >= 15 is 0 Å². The Morgan fingerprint density at radius 3 is 2.85 bits per heavy atom. The minimum atomic E-state index is -0.792. The molecule has 0 aliphatic rings. The highest BCUT2D eigenvalue weighted by Crippen LogP contribution is 2.25. The lowest BCUT2D eigenvalue weighted by molar-refractivity contribution is 0.194. The van der Waals surface area contributed by atoms with Crippen molar-refractivity contribution in [2.75, 3.05) is 0 Å². The molecule has 1 heterocycles. The summed E-state index contributed by atoms with van der Waals surface area (Å²) < 4.78 is 18.5. The topological polar surface area (TPSA) is 33.4 Å². The van der Waals surface area contributed by atoms with Gasteiger partial charge in [-0.15, -0.1) is 0 Å². The molecule has 0 saturated carbocycles. The van der Waals surface area contributed by atoms with Gasteiger partial charge in [-0.3, -0.25) is 0 Å². The van der Waals surface area contributed by atoms with Crippen LogP contribution in [0, 0.1) is 5.82 Å². The predicted molar refractivity (Wildman–Crippen MR) is 46.8 cm³/mol. The molecule has 1 aromatic carbocycles. The van der Waals surface area contributed by atoms with Crippen molar-refractivity contribution in [2.45, 2.75) is 13.0 Å². The van der Waals surface area contributed by atoms with Crippen molar-refractivity contribution in [3.05, 3.63) is 35.8 Å². The number of fused-ring (bicyclic) bond motifs is 1. The highest BCUT2D eigenvalue weighted by atomic mass is 19.1. The minimum absolute atomic E-state index is 0.300. The predicted octanol–water partition coefficient (Wildman–Crippen LogP) is 2.63. The van der Waals surface area contributed by atoms with E-state index < -0.39 is 11.9 Å². The SMILES string of the molecule is CC(O)c1ccc2occc2c1F. The van der Waals surface area contributed by atoms with Crippen LogP contribution in [0.3, 0.4) is 0 Å². The highest BCUT2D eigenvalue weighted by Gasteiger charge is 2.12. The van der Waals surface area contributed by atoms with E-state index in [9.17, 15) is 9.50 Å². The average Bonchev–Trinajstić information content (AvgIpc) is 2.52. The maximum absolute atomic E-state index is 13.5. The Labute approximate surface area is 74.6 Å². The molecule has 1 N–H and O–H groups in total. The Kier molecular flexibility index (Phi) is 1.81. The number of benzene rings is 1. The molecule has 0 radical (unpaired) electrons. The Hall–Kier alpha value is -1.35. The Bertz CT molecular complexity index is 431. The fourth-order valence-corrected chi connectivity index (χ4v) is 1.35. The van der Waals surface area contributed by atoms with Crippen LogP contribution >= 0.6 is 0 Å². The summed E-state index contributed by atoms with van der Waals surface area (Å²) in [5, 5.41) is 9.65. The molecule has 0 aliphatic heterocycles. The first-order valence-electron chi connectivity index (χ1n) is 4.04. The zero-order valence-electron chi connectivity index (χ0n) is 7.12. The summed E-state index contributed by atoms with van der Waals surface area (Å²) in [6, 6.07) is 4.74. The summed E-state index contributed by atoms with van der Waals surface area (Å²) in [6.07, 6.45) is 0.638. The average molecular weight is 180 g/mol. The maximum Gasteiger partial charge on any atom is 0.140 e. The fraction of sp³-hybridized carbons (Fsp3) is 0.200. The quantitative estimate of drug-likeness (QED) is 0.731. The number of aliphatic hydroxyl groups is 1. The van der Waals surface area contributed by atoms with Crippen LogP contribution in [-0.4, -0.2) is 5.11 Å². The van der Waals surface area contributed by atoms with E-state index in [1.807, 2.05) is 0 Å². The van der Waals surface area contributed by atoms with Gasteiger partial charge in [0.15, 0.2) is 0 Å². The van der Waals surface area contributed by atoms with Gasteiger partial charge in [0.25, 0.3) is 0 Å². The van der Waals surface area contributed by atoms with Crippen molar-refractivity contribution in [2.24, 2.45) is 0 Å². The zero-order chi connectivity index (χ0) is 9.42. The van der Waals surface area contributed by atoms with Crippen molar-refractivity contribution < 1.29 is 13.9 Å². The van der Waals surface area contributed by atoms with E-state index in [0.717, 1.165) is 0 Å². The Morgan fingerprint density at radius 1 is 1.38 bits per heavy atom. The van der Waals surface area contributed by atoms with Gasteiger partial charge in [0.1, 0.15) is 11.4 Å². The third-order valence-electron chi connectivity index (χ3n) is 2.05. The van der Waals surface area contributed by atoms with Crippen LogP contribution in [0.25, 0.3) is 11.0 Å². The van der Waals surface area contributed by atoms with Gasteiger partial charge in [0, 0.05) is 5.56 Å². The van der Waals surface area contributed by atoms with Crippen LogP contribution in [0.1, 0.15) is 18.6 Å². The van der Waals surface area contributed by atoms with E-state index in [1.165, 1.54) is 19.3 Å². The van der Waals surface area contributed by atoms with Crippen molar-refractivity contribution in [1.29, 1.82) is 0 Å². The lowest BCUT2D eigenvalue weighted by Crippen LogP contribution is -1.95. The van der Waals surface area contributed by atoms with Gasteiger partial charge >= 0.3 is 0 Å². The molecule has 0 spiro atoms. The number of hydrogen-bond donors (Lipinski definition) is 1. The van der Waals surface area contributed by atoms with Crippen LogP contribution in [0.2, 0.25) is 0 Å². The number of aliphatic hydroxyl groups excluding tert-OH is 1. The van der Waals surface area contributed by atoms with Gasteiger partial charge in [0.2, 0.25) is 0 Å². The molecule has 68 valence electrons. The maximum atomic E-state index is 13.5. The van der Waals surface area contributed by atoms with Gasteiger partial charge in [-0.25, -0.2) is 4.39 Å². The smallest absolute Gasteiger partial charge is 0.140 e. The van der Waals surface area contributed by atoms with Gasteiger partial charge in [-0.1, -0.05) is 0 Å². The molecule has 1 atom stereocenters. The molecule has 0 amide bonds. The first-order chi connectivity index (χ1) is 6.20. The molecule has 1 unspecified atom stereocenters. The number of rotatable bonds is 1. The van der Waals surface area contributed by atoms with Crippen LogP contribution in [-0.2, 0) is 0 Å². The second-order valence-electron chi connectivity index (χ2n) is 2.98. The third-order valence-corrected chi connectivity index (χ3v) is 2.05. The van der Waals surface area contributed by atoms with Crippen molar-refractivity contribution in [1.82, 2.24) is 0 Å². The molecule has 1 aromatic heterocycles. The van der Waals surface area contributed by atoms with Gasteiger partial charge in [-0.05, 0) is 25.1 Å². The summed E-state index contributed by atoms with van der Waals surface area (Å²) in [7, 11) is 0. The van der Waals surface area contributed by atoms with Gasteiger partial charge < -0.3 is 9.52 Å². The van der Waals surface area contributed by atoms with Gasteiger partial charge in [-0.2, -0.15) is 0 Å². The molecule has 13 heavy (non-hydrogen) atoms. The van der Waals surface area contributed by atoms with Crippen LogP contribution in [0.5, 0.6) is 0 Å². The van der Waals surface area contributed by atoms with E-state index in [-0.39, 0.29) is 0 Å². The molecule has 2 nitrogen and oxygen atoms in total. The lowest BCUT2D eigenvalue weighted by Gasteiger charge is -2.05. The summed E-state index contributed by atoms with van der Waals surface area (Å²) in [5.41, 5.74) is 0.802. The van der Waals surface area contributed by atoms with E-state index in [0.29, 0.717) is 16.5 Å². The molecule has 0 fully saturated rings. The summed E-state index contributed by atoms with van der Waals surface area (Å²) in [5.74, 6) is -0.402. The standard InChI is InChI=1S/C10H9FO2/c1-6(12)7-2-3-9-8(10(7)11)4-5-13-9/h2-6,12H,1H3. The van der Waals surface area contributed by atoms with E-state index in [1.54, 1.807) is 12.1 Å². The first-order valence-corrected chi connectivity index (χ1v) is 4.04. The van der Waals surface area contributed by atoms with Crippen LogP contribution in [0.4, 0.5) is 4.39 Å². The van der Waals surface area contributed by atoms with Crippen molar-refractivity contribution in [3.63, 3.8) is 0 Å². The number of hydrogen-bond acceptors (Lipinski definition) is 2. The Balaban J connectivity index is 2.73. The fourth-order valence-electron chi connectivity index (χ4n) is 1.35. The number of halogens is 1. The second kappa shape index (κ2) is 2.85. The summed E-state index contributed by atoms with van der Waals surface area (Å²) in [6.45, 7) is 1.53. The molecular formula is C10H9FO2. The Morgan fingerprint density at radius 2 is 2.15 bits per heavy atom. The minimum Gasteiger partial charge on any atom is -0.464 e. The van der Waals surface area contributed by atoms with E-state index in [2.05, 4.69) is 0 Å². The molecule has 0 bridgehead atoms. The molecule has 2 rings (SSSR count). The van der Waals surface area contributed by atoms with E-state index in [4.69, 9.17) is 4.42 Å². The van der Waals surface area contributed by atoms with Crippen LogP contribution in [0.15, 0.2) is 28.9 Å². The molecule has 3 heteroatoms. The molecule has 0 saturated heterocycles. The third kappa shape index (κ3) is 1.21. The largest absolute Gasteiger partial charge is 0.464 e. The molecule has 2 aromatic rings. The normalized spacial score (nSPS) is 13.5. The number of furan rings is 1. The van der Waals surface area contributed by atoms with Crippen molar-refractivity contribution >= 4 is 11.0 Å².